The molecule has 33 heavy (non-hydrogen) atoms. The number of carbonyl (C=O) groups excluding carboxylic acids is 2. The smallest absolute Gasteiger partial charge is 0.316 e. The number of anilines is 1. The molecule has 1 fully saturated rings. The molecule has 0 bridgehead atoms. The quantitative estimate of drug-likeness (QED) is 0.507. The summed E-state index contributed by atoms with van der Waals surface area (Å²) in [5.74, 6) is 0.0408. The third kappa shape index (κ3) is 6.94. The summed E-state index contributed by atoms with van der Waals surface area (Å²) in [6, 6.07) is 8.89. The van der Waals surface area contributed by atoms with Gasteiger partial charge in [-0.2, -0.15) is 0 Å². The Balaban J connectivity index is 1.74. The van der Waals surface area contributed by atoms with Gasteiger partial charge < -0.3 is 26.0 Å². The van der Waals surface area contributed by atoms with E-state index in [1.54, 1.807) is 24.3 Å². The molecule has 0 spiro atoms. The maximum Gasteiger partial charge on any atom is 0.316 e. The number of halogens is 2. The first-order chi connectivity index (χ1) is 15.9. The number of aryl methyl sites for hydroxylation is 1. The zero-order chi connectivity index (χ0) is 23.8. The van der Waals surface area contributed by atoms with Crippen LogP contribution >= 0.6 is 11.6 Å². The van der Waals surface area contributed by atoms with Crippen molar-refractivity contribution in [1.82, 2.24) is 10.2 Å². The van der Waals surface area contributed by atoms with E-state index in [2.05, 4.69) is 10.6 Å². The van der Waals surface area contributed by atoms with Crippen LogP contribution in [0, 0.1) is 5.82 Å². The Hall–Kier alpha value is -3.10. The minimum absolute atomic E-state index is 0.00775. The molecule has 1 aliphatic rings. The van der Waals surface area contributed by atoms with Crippen LogP contribution < -0.4 is 21.1 Å². The van der Waals surface area contributed by atoms with E-state index >= 15 is 0 Å². The number of nitrogens with zero attached hydrogens (tertiary/aromatic N) is 1. The predicted octanol–water partition coefficient (Wildman–Crippen LogP) is 3.81. The molecule has 1 aliphatic heterocycles. The molecule has 7 nitrogen and oxygen atoms in total. The summed E-state index contributed by atoms with van der Waals surface area (Å²) in [5, 5.41) is 6.18. The lowest BCUT2D eigenvalue weighted by Crippen LogP contribution is -2.53. The van der Waals surface area contributed by atoms with Crippen molar-refractivity contribution in [2.45, 2.75) is 25.8 Å². The standard InChI is InChI=1S/C24H28ClFN4O3/c1-2-33-22-13-17(21(14-20(22)25)29-24(27)32)6-10-23(31)30-12-11-28-15-19(30)9-5-16-3-7-18(26)8-4-16/h3-4,6-8,10,13-14,19,28H,2,5,9,11-12,15H2,1H3,(H3,27,29,32)/b10-6+/t19-/m1/s1. The van der Waals surface area contributed by atoms with E-state index in [-0.39, 0.29) is 17.8 Å². The summed E-state index contributed by atoms with van der Waals surface area (Å²) in [6.45, 7) is 4.22. The average Bonchev–Trinajstić information content (AvgIpc) is 2.79. The first kappa shape index (κ1) is 24.5. The summed E-state index contributed by atoms with van der Waals surface area (Å²) < 4.78 is 18.7. The normalized spacial score (nSPS) is 16.1. The van der Waals surface area contributed by atoms with Gasteiger partial charge in [-0.05, 0) is 55.7 Å². The zero-order valence-electron chi connectivity index (χ0n) is 18.4. The Morgan fingerprint density at radius 1 is 1.33 bits per heavy atom. The fourth-order valence-corrected chi connectivity index (χ4v) is 3.98. The van der Waals surface area contributed by atoms with Gasteiger partial charge in [-0.3, -0.25) is 4.79 Å². The molecule has 1 saturated heterocycles. The van der Waals surface area contributed by atoms with Crippen LogP contribution in [0.4, 0.5) is 14.9 Å². The van der Waals surface area contributed by atoms with Gasteiger partial charge in [-0.1, -0.05) is 23.7 Å². The number of amides is 3. The summed E-state index contributed by atoms with van der Waals surface area (Å²) in [5.41, 5.74) is 7.23. The van der Waals surface area contributed by atoms with E-state index in [0.29, 0.717) is 48.3 Å². The van der Waals surface area contributed by atoms with Gasteiger partial charge in [0.2, 0.25) is 5.91 Å². The number of nitrogens with one attached hydrogen (secondary N) is 2. The molecule has 1 atom stereocenters. The lowest BCUT2D eigenvalue weighted by atomic mass is 10.0. The predicted molar refractivity (Wildman–Crippen MR) is 128 cm³/mol. The Morgan fingerprint density at radius 3 is 2.79 bits per heavy atom. The van der Waals surface area contributed by atoms with Crippen molar-refractivity contribution in [3.05, 3.63) is 64.4 Å². The largest absolute Gasteiger partial charge is 0.492 e. The van der Waals surface area contributed by atoms with Crippen LogP contribution in [0.5, 0.6) is 5.75 Å². The summed E-state index contributed by atoms with van der Waals surface area (Å²) in [7, 11) is 0. The number of ether oxygens (including phenoxy) is 1. The highest BCUT2D eigenvalue weighted by Crippen LogP contribution is 2.32. The first-order valence-electron chi connectivity index (χ1n) is 10.8. The topological polar surface area (TPSA) is 96.7 Å². The molecule has 0 aliphatic carbocycles. The summed E-state index contributed by atoms with van der Waals surface area (Å²) >= 11 is 6.22. The molecule has 1 heterocycles. The highest BCUT2D eigenvalue weighted by atomic mass is 35.5. The molecule has 0 unspecified atom stereocenters. The number of hydrogen-bond acceptors (Lipinski definition) is 4. The monoisotopic (exact) mass is 474 g/mol. The highest BCUT2D eigenvalue weighted by Gasteiger charge is 2.25. The van der Waals surface area contributed by atoms with Crippen molar-refractivity contribution >= 4 is 35.3 Å². The number of urea groups is 1. The molecule has 2 aromatic rings. The maximum absolute atomic E-state index is 13.1. The maximum atomic E-state index is 13.1. The number of benzene rings is 2. The molecule has 2 aromatic carbocycles. The molecule has 0 aromatic heterocycles. The molecular weight excluding hydrogens is 447 g/mol. The van der Waals surface area contributed by atoms with Crippen LogP contribution in [0.25, 0.3) is 6.08 Å². The van der Waals surface area contributed by atoms with Crippen LogP contribution in [-0.4, -0.2) is 49.1 Å². The summed E-state index contributed by atoms with van der Waals surface area (Å²) in [4.78, 5) is 26.3. The number of primary amides is 1. The SMILES string of the molecule is CCOc1cc(/C=C/C(=O)N2CCNC[C@H]2CCc2ccc(F)cc2)c(NC(N)=O)cc1Cl. The molecule has 0 radical (unpaired) electrons. The van der Waals surface area contributed by atoms with E-state index in [9.17, 15) is 14.0 Å². The van der Waals surface area contributed by atoms with Crippen LogP contribution in [0.15, 0.2) is 42.5 Å². The van der Waals surface area contributed by atoms with Crippen molar-refractivity contribution in [3.63, 3.8) is 0 Å². The Bertz CT molecular complexity index is 1010. The van der Waals surface area contributed by atoms with Crippen LogP contribution in [0.2, 0.25) is 5.02 Å². The molecule has 3 amide bonds. The molecule has 3 rings (SSSR count). The number of hydrogen-bond donors (Lipinski definition) is 3. The molecule has 9 heteroatoms. The zero-order valence-corrected chi connectivity index (χ0v) is 19.2. The second kappa shape index (κ2) is 11.7. The minimum Gasteiger partial charge on any atom is -0.492 e. The van der Waals surface area contributed by atoms with Crippen LogP contribution in [0.1, 0.15) is 24.5 Å². The minimum atomic E-state index is -0.737. The average molecular weight is 475 g/mol. The molecule has 176 valence electrons. The van der Waals surface area contributed by atoms with Crippen molar-refractivity contribution in [2.75, 3.05) is 31.6 Å². The van der Waals surface area contributed by atoms with Crippen molar-refractivity contribution in [1.29, 1.82) is 0 Å². The first-order valence-corrected chi connectivity index (χ1v) is 11.2. The second-order valence-corrected chi connectivity index (χ2v) is 8.09. The lowest BCUT2D eigenvalue weighted by molar-refractivity contribution is -0.129. The number of piperazine rings is 1. The van der Waals surface area contributed by atoms with Gasteiger partial charge in [0.25, 0.3) is 0 Å². The van der Waals surface area contributed by atoms with Crippen molar-refractivity contribution in [2.24, 2.45) is 5.73 Å². The molecule has 0 saturated carbocycles. The Kier molecular flexibility index (Phi) is 8.68. The van der Waals surface area contributed by atoms with Crippen LogP contribution in [0.3, 0.4) is 0 Å². The van der Waals surface area contributed by atoms with Gasteiger partial charge in [0.05, 0.1) is 17.3 Å². The third-order valence-electron chi connectivity index (χ3n) is 5.38. The van der Waals surface area contributed by atoms with Gasteiger partial charge in [0.15, 0.2) is 0 Å². The van der Waals surface area contributed by atoms with Gasteiger partial charge >= 0.3 is 6.03 Å². The second-order valence-electron chi connectivity index (χ2n) is 7.68. The fraction of sp³-hybridized carbons (Fsp3) is 0.333. The summed E-state index contributed by atoms with van der Waals surface area (Å²) in [6.07, 6.45) is 4.58. The molecular formula is C24H28ClFN4O3. The van der Waals surface area contributed by atoms with Crippen molar-refractivity contribution < 1.29 is 18.7 Å². The number of rotatable bonds is 8. The fourth-order valence-electron chi connectivity index (χ4n) is 3.76. The van der Waals surface area contributed by atoms with Gasteiger partial charge in [-0.15, -0.1) is 0 Å². The van der Waals surface area contributed by atoms with E-state index in [1.807, 2.05) is 11.8 Å². The molecule has 4 N–H and O–H groups in total. The van der Waals surface area contributed by atoms with Crippen LogP contribution in [-0.2, 0) is 11.2 Å². The van der Waals surface area contributed by atoms with E-state index in [4.69, 9.17) is 22.1 Å². The Labute approximate surface area is 197 Å². The van der Waals surface area contributed by atoms with E-state index in [0.717, 1.165) is 18.4 Å². The lowest BCUT2D eigenvalue weighted by Gasteiger charge is -2.35. The Morgan fingerprint density at radius 2 is 2.09 bits per heavy atom. The van der Waals surface area contributed by atoms with E-state index in [1.165, 1.54) is 24.3 Å². The van der Waals surface area contributed by atoms with Gasteiger partial charge in [0.1, 0.15) is 11.6 Å². The third-order valence-corrected chi connectivity index (χ3v) is 5.68. The van der Waals surface area contributed by atoms with Crippen molar-refractivity contribution in [3.8, 4) is 5.75 Å². The van der Waals surface area contributed by atoms with E-state index < -0.39 is 6.03 Å². The van der Waals surface area contributed by atoms with Gasteiger partial charge in [-0.25, -0.2) is 9.18 Å². The van der Waals surface area contributed by atoms with Gasteiger partial charge in [0, 0.05) is 37.3 Å². The number of carbonyl (C=O) groups is 2. The number of nitrogens with two attached hydrogens (primary N) is 1. The highest BCUT2D eigenvalue weighted by molar-refractivity contribution is 6.32.